The number of nitrogens with zero attached hydrogens (tertiary/aromatic N) is 2. The number of fused-ring (bicyclic) bond motifs is 6. The first-order valence-electron chi connectivity index (χ1n) is 12.1. The molecule has 1 saturated carbocycles. The van der Waals surface area contributed by atoms with Crippen LogP contribution in [0.3, 0.4) is 0 Å². The van der Waals surface area contributed by atoms with Crippen molar-refractivity contribution in [1.82, 2.24) is 4.90 Å². The van der Waals surface area contributed by atoms with Gasteiger partial charge in [0.25, 0.3) is 0 Å². The van der Waals surface area contributed by atoms with E-state index in [0.717, 1.165) is 0 Å². The largest absolute Gasteiger partial charge is 0.487 e. The second-order valence-corrected chi connectivity index (χ2v) is 12.1. The fourth-order valence-corrected chi connectivity index (χ4v) is 8.10. The van der Waals surface area contributed by atoms with Crippen LogP contribution in [-0.4, -0.2) is 63.0 Å². The summed E-state index contributed by atoms with van der Waals surface area (Å²) < 4.78 is 6.05. The number of anilines is 1. The van der Waals surface area contributed by atoms with Gasteiger partial charge in [0, 0.05) is 29.8 Å². The molecule has 0 bridgehead atoms. The highest BCUT2D eigenvalue weighted by atomic mass is 16.6. The maximum atomic E-state index is 13.9. The van der Waals surface area contributed by atoms with E-state index in [0.29, 0.717) is 42.0 Å². The van der Waals surface area contributed by atoms with E-state index in [9.17, 15) is 24.8 Å². The number of carbonyl (C=O) groups excluding carboxylic acids is 2. The highest BCUT2D eigenvalue weighted by Crippen LogP contribution is 2.68. The molecule has 9 nitrogen and oxygen atoms in total. The highest BCUT2D eigenvalue weighted by Gasteiger charge is 2.78. The lowest BCUT2D eigenvalue weighted by atomic mass is 9.60. The SMILES string of the molecule is CC1(C)CC(=O)c2c(ccc3c2NC(=O)[C@]32C[C@]3([N+](=O)[O-])CN4CC[C@@H](O)[C@H]4C[C@@H]3C2(C)C)O1. The van der Waals surface area contributed by atoms with Crippen molar-refractivity contribution in [2.24, 2.45) is 11.3 Å². The summed E-state index contributed by atoms with van der Waals surface area (Å²) in [6.07, 6.45) is 0.846. The maximum absolute atomic E-state index is 13.9. The minimum atomic E-state index is -1.30. The second kappa shape index (κ2) is 6.37. The third-order valence-electron chi connectivity index (χ3n) is 9.64. The number of nitro groups is 1. The van der Waals surface area contributed by atoms with E-state index >= 15 is 0 Å². The molecule has 0 unspecified atom stereocenters. The Labute approximate surface area is 198 Å². The molecule has 1 spiro atoms. The van der Waals surface area contributed by atoms with Crippen LogP contribution in [-0.2, 0) is 10.2 Å². The average molecular weight is 470 g/mol. The van der Waals surface area contributed by atoms with Crippen molar-refractivity contribution in [2.75, 3.05) is 18.4 Å². The van der Waals surface area contributed by atoms with Gasteiger partial charge < -0.3 is 15.2 Å². The number of rotatable bonds is 1. The molecule has 9 heteroatoms. The van der Waals surface area contributed by atoms with E-state index in [2.05, 4.69) is 5.32 Å². The van der Waals surface area contributed by atoms with Crippen LogP contribution in [0.15, 0.2) is 12.1 Å². The quantitative estimate of drug-likeness (QED) is 0.479. The molecule has 6 rings (SSSR count). The molecular weight excluding hydrogens is 438 g/mol. The molecule has 182 valence electrons. The first-order chi connectivity index (χ1) is 15.8. The number of ketones is 1. The first-order valence-corrected chi connectivity index (χ1v) is 12.1. The molecule has 3 fully saturated rings. The van der Waals surface area contributed by atoms with Crippen molar-refractivity contribution in [3.63, 3.8) is 0 Å². The molecule has 4 aliphatic heterocycles. The number of hydrogen-bond donors (Lipinski definition) is 2. The zero-order valence-electron chi connectivity index (χ0n) is 20.0. The molecule has 1 aromatic carbocycles. The van der Waals surface area contributed by atoms with E-state index in [-0.39, 0.29) is 42.0 Å². The predicted molar refractivity (Wildman–Crippen MR) is 123 cm³/mol. The summed E-state index contributed by atoms with van der Waals surface area (Å²) in [5.41, 5.74) is -2.37. The van der Waals surface area contributed by atoms with Gasteiger partial charge in [0.2, 0.25) is 11.4 Å². The molecule has 4 heterocycles. The number of ether oxygens (including phenoxy) is 1. The van der Waals surface area contributed by atoms with E-state index < -0.39 is 34.0 Å². The molecule has 1 aromatic rings. The number of benzene rings is 1. The van der Waals surface area contributed by atoms with Gasteiger partial charge >= 0.3 is 0 Å². The van der Waals surface area contributed by atoms with Crippen LogP contribution in [0.5, 0.6) is 5.75 Å². The van der Waals surface area contributed by atoms with E-state index in [1.807, 2.05) is 38.7 Å². The summed E-state index contributed by atoms with van der Waals surface area (Å²) in [6, 6.07) is 3.44. The van der Waals surface area contributed by atoms with Crippen LogP contribution >= 0.6 is 0 Å². The minimum absolute atomic E-state index is 0.0716. The van der Waals surface area contributed by atoms with Gasteiger partial charge in [0.05, 0.1) is 35.7 Å². The van der Waals surface area contributed by atoms with Crippen molar-refractivity contribution in [2.45, 2.75) is 82.1 Å². The van der Waals surface area contributed by atoms with Crippen LogP contribution in [0, 0.1) is 21.4 Å². The molecule has 2 saturated heterocycles. The Morgan fingerprint density at radius 2 is 1.97 bits per heavy atom. The minimum Gasteiger partial charge on any atom is -0.487 e. The molecular formula is C25H31N3O6. The number of carbonyl (C=O) groups is 2. The zero-order valence-corrected chi connectivity index (χ0v) is 20.0. The van der Waals surface area contributed by atoms with Gasteiger partial charge in [0.1, 0.15) is 11.4 Å². The smallest absolute Gasteiger partial charge is 0.239 e. The van der Waals surface area contributed by atoms with Crippen LogP contribution < -0.4 is 10.1 Å². The third-order valence-corrected chi connectivity index (χ3v) is 9.64. The van der Waals surface area contributed by atoms with Crippen molar-refractivity contribution >= 4 is 17.4 Å². The van der Waals surface area contributed by atoms with Gasteiger partial charge in [-0.3, -0.25) is 24.6 Å². The summed E-state index contributed by atoms with van der Waals surface area (Å²) in [4.78, 5) is 41.6. The Kier molecular flexibility index (Phi) is 4.12. The topological polar surface area (TPSA) is 122 Å². The van der Waals surface area contributed by atoms with Gasteiger partial charge in [-0.05, 0) is 43.7 Å². The Balaban J connectivity index is 1.53. The Bertz CT molecular complexity index is 1160. The van der Waals surface area contributed by atoms with Crippen molar-refractivity contribution in [3.8, 4) is 5.75 Å². The molecule has 1 amide bonds. The molecule has 0 aromatic heterocycles. The normalized spacial score (nSPS) is 39.1. The van der Waals surface area contributed by atoms with E-state index in [4.69, 9.17) is 4.74 Å². The number of piperidine rings is 1. The summed E-state index contributed by atoms with van der Waals surface area (Å²) in [7, 11) is 0. The number of aliphatic hydroxyl groups excluding tert-OH is 1. The molecule has 0 radical (unpaired) electrons. The summed E-state index contributed by atoms with van der Waals surface area (Å²) in [5.74, 6) is -0.336. The van der Waals surface area contributed by atoms with Gasteiger partial charge in [-0.2, -0.15) is 0 Å². The Morgan fingerprint density at radius 3 is 2.68 bits per heavy atom. The Morgan fingerprint density at radius 1 is 1.24 bits per heavy atom. The first kappa shape index (κ1) is 22.0. The number of nitrogens with one attached hydrogen (secondary N) is 1. The standard InChI is InChI=1S/C25H31N3O6/c1-22(2)10-16(30)19-17(34-22)6-5-13-20(19)26-21(31)25(13)11-24(28(32)33)12-27-8-7-15(29)14(27)9-18(24)23(25,3)4/h5-6,14-15,18,29H,7-12H2,1-4H3,(H,26,31)/t14-,15-,18-,24+,25+/m1/s1. The lowest BCUT2D eigenvalue weighted by molar-refractivity contribution is -0.584. The van der Waals surface area contributed by atoms with E-state index in [1.165, 1.54) is 0 Å². The fraction of sp³-hybridized carbons (Fsp3) is 0.680. The number of hydrogen-bond acceptors (Lipinski definition) is 7. The summed E-state index contributed by atoms with van der Waals surface area (Å²) in [5, 5.41) is 26.3. The van der Waals surface area contributed by atoms with Gasteiger partial charge in [-0.25, -0.2) is 0 Å². The lowest BCUT2D eigenvalue weighted by Crippen LogP contribution is -2.60. The Hall–Kier alpha value is -2.52. The van der Waals surface area contributed by atoms with Crippen LogP contribution in [0.2, 0.25) is 0 Å². The van der Waals surface area contributed by atoms with Crippen LogP contribution in [0.4, 0.5) is 5.69 Å². The van der Waals surface area contributed by atoms with Gasteiger partial charge in [-0.15, -0.1) is 0 Å². The van der Waals surface area contributed by atoms with Crippen molar-refractivity contribution < 1.29 is 24.4 Å². The van der Waals surface area contributed by atoms with E-state index in [1.54, 1.807) is 6.07 Å². The molecule has 2 N–H and O–H groups in total. The predicted octanol–water partition coefficient (Wildman–Crippen LogP) is 2.52. The zero-order chi connectivity index (χ0) is 24.4. The fourth-order valence-electron chi connectivity index (χ4n) is 8.10. The van der Waals surface area contributed by atoms with Crippen molar-refractivity contribution in [1.29, 1.82) is 0 Å². The summed E-state index contributed by atoms with van der Waals surface area (Å²) >= 11 is 0. The number of Topliss-reactive ketones (excluding diaryl/α,β-unsaturated/α-hetero) is 1. The van der Waals surface area contributed by atoms with Crippen LogP contribution in [0.25, 0.3) is 0 Å². The second-order valence-electron chi connectivity index (χ2n) is 12.1. The molecule has 1 aliphatic carbocycles. The third kappa shape index (κ3) is 2.42. The molecule has 5 atom stereocenters. The number of aliphatic hydroxyl groups is 1. The maximum Gasteiger partial charge on any atom is 0.239 e. The molecule has 5 aliphatic rings. The molecule has 34 heavy (non-hydrogen) atoms. The van der Waals surface area contributed by atoms with Gasteiger partial charge in [0.15, 0.2) is 5.78 Å². The summed E-state index contributed by atoms with van der Waals surface area (Å²) in [6.45, 7) is 8.46. The van der Waals surface area contributed by atoms with Crippen molar-refractivity contribution in [3.05, 3.63) is 33.4 Å². The monoisotopic (exact) mass is 469 g/mol. The average Bonchev–Trinajstić information content (AvgIpc) is 3.30. The van der Waals surface area contributed by atoms with Crippen LogP contribution in [0.1, 0.15) is 69.3 Å². The highest BCUT2D eigenvalue weighted by molar-refractivity contribution is 6.15. The number of amides is 1. The lowest BCUT2D eigenvalue weighted by Gasteiger charge is -2.46. The van der Waals surface area contributed by atoms with Gasteiger partial charge in [-0.1, -0.05) is 19.9 Å².